The van der Waals surface area contributed by atoms with Gasteiger partial charge in [0, 0.05) is 11.8 Å². The first-order valence-electron chi connectivity index (χ1n) is 12.2. The number of aromatic amines is 1. The van der Waals surface area contributed by atoms with Crippen LogP contribution in [0, 0.1) is 0 Å². The predicted molar refractivity (Wildman–Crippen MR) is 140 cm³/mol. The van der Waals surface area contributed by atoms with Crippen LogP contribution in [0.4, 0.5) is 0 Å². The van der Waals surface area contributed by atoms with Crippen molar-refractivity contribution in [3.63, 3.8) is 0 Å². The summed E-state index contributed by atoms with van der Waals surface area (Å²) in [4.78, 5) is 28.5. The Hall–Kier alpha value is -2.82. The number of benzene rings is 2. The SMILES string of the molecule is CCc1cn([C@]2([Si](c3ccccc3)(c3ccccc3)C(C)(C)C)O[C@H](CO)[C@@H](O)[C@H]2O)c(=O)[nH]c1=O. The van der Waals surface area contributed by atoms with E-state index in [1.54, 1.807) is 6.92 Å². The summed E-state index contributed by atoms with van der Waals surface area (Å²) in [5.41, 5.74) is -0.928. The largest absolute Gasteiger partial charge is 0.394 e. The van der Waals surface area contributed by atoms with Gasteiger partial charge in [0.15, 0.2) is 13.4 Å². The maximum Gasteiger partial charge on any atom is 0.330 e. The molecular weight excluding hydrogens is 476 g/mol. The van der Waals surface area contributed by atoms with Crippen molar-refractivity contribution in [3.8, 4) is 0 Å². The molecule has 4 rings (SSSR count). The molecule has 1 saturated heterocycles. The van der Waals surface area contributed by atoms with Gasteiger partial charge in [-0.1, -0.05) is 88.4 Å². The summed E-state index contributed by atoms with van der Waals surface area (Å²) in [6.07, 6.45) is -2.43. The molecule has 0 aliphatic carbocycles. The van der Waals surface area contributed by atoms with Gasteiger partial charge in [-0.3, -0.25) is 14.3 Å². The van der Waals surface area contributed by atoms with Gasteiger partial charge in [-0.2, -0.15) is 0 Å². The highest BCUT2D eigenvalue weighted by Gasteiger charge is 2.72. The highest BCUT2D eigenvalue weighted by molar-refractivity contribution is 7.05. The van der Waals surface area contributed by atoms with E-state index in [9.17, 15) is 24.9 Å². The smallest absolute Gasteiger partial charge is 0.330 e. The van der Waals surface area contributed by atoms with Crippen LogP contribution in [0.5, 0.6) is 0 Å². The summed E-state index contributed by atoms with van der Waals surface area (Å²) in [6.45, 7) is 7.34. The van der Waals surface area contributed by atoms with Crippen molar-refractivity contribution < 1.29 is 20.1 Å². The fourth-order valence-electron chi connectivity index (χ4n) is 6.01. The van der Waals surface area contributed by atoms with Crippen LogP contribution in [-0.4, -0.2) is 57.9 Å². The molecule has 0 bridgehead atoms. The van der Waals surface area contributed by atoms with E-state index in [4.69, 9.17) is 4.74 Å². The fourth-order valence-corrected chi connectivity index (χ4v) is 12.8. The molecule has 4 atom stereocenters. The third-order valence-corrected chi connectivity index (χ3v) is 13.8. The van der Waals surface area contributed by atoms with Gasteiger partial charge < -0.3 is 20.1 Å². The summed E-state index contributed by atoms with van der Waals surface area (Å²) in [7, 11) is -3.56. The van der Waals surface area contributed by atoms with E-state index in [1.165, 1.54) is 10.8 Å². The van der Waals surface area contributed by atoms with Gasteiger partial charge >= 0.3 is 5.69 Å². The number of aromatic nitrogens is 2. The van der Waals surface area contributed by atoms with Crippen LogP contribution in [0.3, 0.4) is 0 Å². The molecular formula is C27H34N2O6Si. The quantitative estimate of drug-likeness (QED) is 0.357. The zero-order valence-corrected chi connectivity index (χ0v) is 22.0. The zero-order chi connectivity index (χ0) is 26.3. The Labute approximate surface area is 210 Å². The average Bonchev–Trinajstić information content (AvgIpc) is 3.11. The first-order chi connectivity index (χ1) is 17.1. The van der Waals surface area contributed by atoms with Crippen molar-refractivity contribution in [2.45, 2.75) is 62.8 Å². The van der Waals surface area contributed by atoms with Crippen LogP contribution in [0.15, 0.2) is 76.4 Å². The second kappa shape index (κ2) is 9.57. The highest BCUT2D eigenvalue weighted by Crippen LogP contribution is 2.51. The van der Waals surface area contributed by atoms with Crippen LogP contribution in [0.1, 0.15) is 33.3 Å². The monoisotopic (exact) mass is 510 g/mol. The number of hydrogen-bond acceptors (Lipinski definition) is 6. The first kappa shape index (κ1) is 26.2. The molecule has 0 radical (unpaired) electrons. The fraction of sp³-hybridized carbons (Fsp3) is 0.407. The minimum atomic E-state index is -3.56. The third kappa shape index (κ3) is 3.65. The van der Waals surface area contributed by atoms with Crippen molar-refractivity contribution in [1.82, 2.24) is 9.55 Å². The topological polar surface area (TPSA) is 125 Å². The number of H-pyrrole nitrogens is 1. The Balaban J connectivity index is 2.29. The molecule has 4 N–H and O–H groups in total. The van der Waals surface area contributed by atoms with Crippen LogP contribution < -0.4 is 21.6 Å². The van der Waals surface area contributed by atoms with E-state index in [0.717, 1.165) is 10.4 Å². The number of rotatable bonds is 6. The number of ether oxygens (including phenoxy) is 1. The molecule has 0 saturated carbocycles. The molecule has 1 aliphatic rings. The molecule has 9 heteroatoms. The van der Waals surface area contributed by atoms with E-state index in [1.807, 2.05) is 81.4 Å². The summed E-state index contributed by atoms with van der Waals surface area (Å²) >= 11 is 0. The maximum absolute atomic E-state index is 13.6. The first-order valence-corrected chi connectivity index (χ1v) is 14.2. The third-order valence-electron chi connectivity index (χ3n) is 7.45. The lowest BCUT2D eigenvalue weighted by atomic mass is 10.1. The van der Waals surface area contributed by atoms with E-state index in [2.05, 4.69) is 4.98 Å². The van der Waals surface area contributed by atoms with Gasteiger partial charge in [0.1, 0.15) is 18.3 Å². The maximum atomic E-state index is 13.6. The standard InChI is InChI=1S/C27H34N2O6Si/c1-5-18-16-29(25(34)28-24(18)33)27(23(32)22(31)21(17-30)35-27)36(26(2,3)4,19-12-8-6-9-13-19)20-14-10-7-11-15-20/h6-16,21-23,30-32H,5,17H2,1-4H3,(H,28,33,34)/t21-,22-,23-,27+/m1/s1. The Morgan fingerprint density at radius 2 is 1.53 bits per heavy atom. The Morgan fingerprint density at radius 1 is 1.00 bits per heavy atom. The normalized spacial score (nSPS) is 24.7. The van der Waals surface area contributed by atoms with Crippen molar-refractivity contribution in [2.24, 2.45) is 0 Å². The van der Waals surface area contributed by atoms with Gasteiger partial charge in [-0.25, -0.2) is 4.79 Å². The Bertz CT molecular complexity index is 1280. The number of nitrogens with one attached hydrogen (secondary N) is 1. The van der Waals surface area contributed by atoms with E-state index in [-0.39, 0.29) is 0 Å². The van der Waals surface area contributed by atoms with Crippen molar-refractivity contribution in [2.75, 3.05) is 6.61 Å². The number of aliphatic hydroxyl groups is 3. The summed E-state index contributed by atoms with van der Waals surface area (Å²) in [5, 5.41) is 32.5. The second-order valence-electron chi connectivity index (χ2n) is 10.3. The van der Waals surface area contributed by atoms with Crippen molar-refractivity contribution >= 4 is 18.4 Å². The molecule has 2 heterocycles. The molecule has 2 aromatic carbocycles. The number of aliphatic hydroxyl groups excluding tert-OH is 3. The van der Waals surface area contributed by atoms with Crippen molar-refractivity contribution in [1.29, 1.82) is 0 Å². The van der Waals surface area contributed by atoms with Gasteiger partial charge in [-0.05, 0) is 21.8 Å². The van der Waals surface area contributed by atoms with Gasteiger partial charge in [-0.15, -0.1) is 0 Å². The molecule has 3 aromatic rings. The zero-order valence-electron chi connectivity index (χ0n) is 21.0. The molecule has 0 spiro atoms. The Morgan fingerprint density at radius 3 is 1.94 bits per heavy atom. The lowest BCUT2D eigenvalue weighted by molar-refractivity contribution is -0.0979. The van der Waals surface area contributed by atoms with Crippen LogP contribution in [-0.2, 0) is 16.5 Å². The van der Waals surface area contributed by atoms with Crippen molar-refractivity contribution in [3.05, 3.63) is 93.3 Å². The predicted octanol–water partition coefficient (Wildman–Crippen LogP) is 0.467. The molecule has 1 fully saturated rings. The summed E-state index contributed by atoms with van der Waals surface area (Å²) < 4.78 is 7.85. The van der Waals surface area contributed by atoms with E-state index in [0.29, 0.717) is 12.0 Å². The Kier molecular flexibility index (Phi) is 6.97. The van der Waals surface area contributed by atoms with E-state index < -0.39 is 54.6 Å². The van der Waals surface area contributed by atoms with Gasteiger partial charge in [0.25, 0.3) is 5.56 Å². The summed E-state index contributed by atoms with van der Waals surface area (Å²) in [5.74, 6) is 0. The number of nitrogens with zero attached hydrogens (tertiary/aromatic N) is 1. The number of aryl methyl sites for hydroxylation is 1. The lowest BCUT2D eigenvalue weighted by Crippen LogP contribution is -2.82. The molecule has 8 nitrogen and oxygen atoms in total. The van der Waals surface area contributed by atoms with Gasteiger partial charge in [0.2, 0.25) is 0 Å². The average molecular weight is 511 g/mol. The lowest BCUT2D eigenvalue weighted by Gasteiger charge is -2.55. The molecule has 0 amide bonds. The minimum absolute atomic E-state index is 0.338. The highest BCUT2D eigenvalue weighted by atomic mass is 28.3. The van der Waals surface area contributed by atoms with Crippen LogP contribution >= 0.6 is 0 Å². The van der Waals surface area contributed by atoms with Crippen LogP contribution in [0.2, 0.25) is 5.04 Å². The molecule has 36 heavy (non-hydrogen) atoms. The molecule has 0 unspecified atom stereocenters. The second-order valence-corrected chi connectivity index (χ2v) is 15.2. The van der Waals surface area contributed by atoms with E-state index >= 15 is 0 Å². The minimum Gasteiger partial charge on any atom is -0.394 e. The van der Waals surface area contributed by atoms with Gasteiger partial charge in [0.05, 0.1) is 6.61 Å². The summed E-state index contributed by atoms with van der Waals surface area (Å²) in [6, 6.07) is 19.2. The molecule has 192 valence electrons. The number of hydrogen-bond donors (Lipinski definition) is 4. The molecule has 1 aliphatic heterocycles. The molecule has 1 aromatic heterocycles. The van der Waals surface area contributed by atoms with Crippen LogP contribution in [0.25, 0.3) is 0 Å².